The molecule has 3 aromatic carbocycles. The summed E-state index contributed by atoms with van der Waals surface area (Å²) in [5.41, 5.74) is 4.06. The predicted molar refractivity (Wildman–Crippen MR) is 115 cm³/mol. The Bertz CT molecular complexity index is 909. The summed E-state index contributed by atoms with van der Waals surface area (Å²) in [6.07, 6.45) is 0. The lowest BCUT2D eigenvalue weighted by molar-refractivity contribution is 0.0947. The summed E-state index contributed by atoms with van der Waals surface area (Å²) in [6, 6.07) is 25.8. The molecule has 144 valence electrons. The summed E-state index contributed by atoms with van der Waals surface area (Å²) >= 11 is 0. The fourth-order valence-electron chi connectivity index (χ4n) is 3.08. The van der Waals surface area contributed by atoms with Crippen molar-refractivity contribution in [1.82, 2.24) is 5.32 Å². The molecule has 0 unspecified atom stereocenters. The van der Waals surface area contributed by atoms with E-state index in [-0.39, 0.29) is 11.3 Å². The van der Waals surface area contributed by atoms with Crippen LogP contribution < -0.4 is 10.1 Å². The molecule has 0 saturated heterocycles. The van der Waals surface area contributed by atoms with Gasteiger partial charge in [-0.1, -0.05) is 81.4 Å². The van der Waals surface area contributed by atoms with Gasteiger partial charge in [0.1, 0.15) is 12.4 Å². The van der Waals surface area contributed by atoms with Gasteiger partial charge in [0.25, 0.3) is 5.91 Å². The normalized spacial score (nSPS) is 11.1. The summed E-state index contributed by atoms with van der Waals surface area (Å²) in [4.78, 5) is 12.4. The zero-order valence-corrected chi connectivity index (χ0v) is 16.7. The van der Waals surface area contributed by atoms with E-state index >= 15 is 0 Å². The highest BCUT2D eigenvalue weighted by atomic mass is 16.5. The van der Waals surface area contributed by atoms with Crippen molar-refractivity contribution in [2.45, 2.75) is 26.2 Å². The van der Waals surface area contributed by atoms with E-state index in [0.717, 1.165) is 22.4 Å². The molecular weight excluding hydrogens is 346 g/mol. The lowest BCUT2D eigenvalue weighted by Gasteiger charge is -2.22. The van der Waals surface area contributed by atoms with Gasteiger partial charge in [0.2, 0.25) is 0 Å². The van der Waals surface area contributed by atoms with Crippen LogP contribution in [0.5, 0.6) is 5.75 Å². The highest BCUT2D eigenvalue weighted by Crippen LogP contribution is 2.30. The Morgan fingerprint density at radius 2 is 1.43 bits per heavy atom. The van der Waals surface area contributed by atoms with Crippen LogP contribution in [0.15, 0.2) is 78.9 Å². The molecule has 0 aromatic heterocycles. The van der Waals surface area contributed by atoms with Gasteiger partial charge < -0.3 is 10.1 Å². The van der Waals surface area contributed by atoms with Crippen LogP contribution in [0.25, 0.3) is 11.1 Å². The highest BCUT2D eigenvalue weighted by molar-refractivity contribution is 5.94. The molecule has 3 heteroatoms. The van der Waals surface area contributed by atoms with Gasteiger partial charge in [0.05, 0.1) is 6.54 Å². The SMILES string of the molecule is CC(C)(C)c1ccccc1OCCNC(=O)c1ccc(-c2ccccc2)cc1. The van der Waals surface area contributed by atoms with Crippen LogP contribution in [-0.2, 0) is 5.41 Å². The molecule has 1 N–H and O–H groups in total. The number of rotatable bonds is 6. The van der Waals surface area contributed by atoms with Gasteiger partial charge >= 0.3 is 0 Å². The molecule has 0 heterocycles. The molecule has 3 nitrogen and oxygen atoms in total. The van der Waals surface area contributed by atoms with Crippen LogP contribution in [0.3, 0.4) is 0 Å². The third-order valence-electron chi connectivity index (χ3n) is 4.59. The molecular formula is C25H27NO2. The smallest absolute Gasteiger partial charge is 0.251 e. The molecule has 0 spiro atoms. The van der Waals surface area contributed by atoms with Gasteiger partial charge in [-0.3, -0.25) is 4.79 Å². The molecule has 1 amide bonds. The second-order valence-electron chi connectivity index (χ2n) is 7.79. The number of hydrogen-bond donors (Lipinski definition) is 1. The van der Waals surface area contributed by atoms with Crippen molar-refractivity contribution in [3.63, 3.8) is 0 Å². The minimum atomic E-state index is -0.0904. The number of nitrogens with one attached hydrogen (secondary N) is 1. The van der Waals surface area contributed by atoms with Crippen molar-refractivity contribution in [2.75, 3.05) is 13.2 Å². The Labute approximate surface area is 167 Å². The molecule has 28 heavy (non-hydrogen) atoms. The summed E-state index contributed by atoms with van der Waals surface area (Å²) in [5, 5.41) is 2.92. The Balaban J connectivity index is 1.53. The van der Waals surface area contributed by atoms with Crippen LogP contribution in [0.4, 0.5) is 0 Å². The third-order valence-corrected chi connectivity index (χ3v) is 4.59. The molecule has 0 bridgehead atoms. The summed E-state index contributed by atoms with van der Waals surface area (Å²) in [6.45, 7) is 7.38. The zero-order chi connectivity index (χ0) is 20.0. The lowest BCUT2D eigenvalue weighted by Crippen LogP contribution is -2.28. The second kappa shape index (κ2) is 8.75. The van der Waals surface area contributed by atoms with Gasteiger partial charge in [-0.15, -0.1) is 0 Å². The number of carbonyl (C=O) groups excluding carboxylic acids is 1. The fraction of sp³-hybridized carbons (Fsp3) is 0.240. The standard InChI is InChI=1S/C25H27NO2/c1-25(2,3)22-11-7-8-12-23(22)28-18-17-26-24(27)21-15-13-20(14-16-21)19-9-5-4-6-10-19/h4-16H,17-18H2,1-3H3,(H,26,27). The number of ether oxygens (including phenoxy) is 1. The average molecular weight is 373 g/mol. The van der Waals surface area contributed by atoms with Crippen LogP contribution in [0.2, 0.25) is 0 Å². The predicted octanol–water partition coefficient (Wildman–Crippen LogP) is 5.46. The van der Waals surface area contributed by atoms with Crippen LogP contribution in [-0.4, -0.2) is 19.1 Å². The molecule has 3 aromatic rings. The number of para-hydroxylation sites is 1. The zero-order valence-electron chi connectivity index (χ0n) is 16.7. The minimum Gasteiger partial charge on any atom is -0.491 e. The second-order valence-corrected chi connectivity index (χ2v) is 7.79. The number of carbonyl (C=O) groups is 1. The van der Waals surface area contributed by atoms with E-state index in [4.69, 9.17) is 4.74 Å². The Kier molecular flexibility index (Phi) is 6.15. The van der Waals surface area contributed by atoms with Crippen molar-refractivity contribution in [3.8, 4) is 16.9 Å². The van der Waals surface area contributed by atoms with Crippen molar-refractivity contribution in [2.24, 2.45) is 0 Å². The molecule has 0 aliphatic carbocycles. The average Bonchev–Trinajstić information content (AvgIpc) is 2.71. The van der Waals surface area contributed by atoms with Gasteiger partial charge in [-0.05, 0) is 40.3 Å². The van der Waals surface area contributed by atoms with E-state index in [2.05, 4.69) is 44.3 Å². The Hall–Kier alpha value is -3.07. The molecule has 0 saturated carbocycles. The van der Waals surface area contributed by atoms with Crippen LogP contribution >= 0.6 is 0 Å². The minimum absolute atomic E-state index is 0.0142. The molecule has 3 rings (SSSR count). The lowest BCUT2D eigenvalue weighted by atomic mass is 9.86. The van der Waals surface area contributed by atoms with Gasteiger partial charge in [-0.2, -0.15) is 0 Å². The molecule has 0 fully saturated rings. The molecule has 0 aliphatic rings. The van der Waals surface area contributed by atoms with E-state index in [1.165, 1.54) is 0 Å². The van der Waals surface area contributed by atoms with Crippen molar-refractivity contribution in [1.29, 1.82) is 0 Å². The first kappa shape index (κ1) is 19.7. The Morgan fingerprint density at radius 1 is 0.821 bits per heavy atom. The van der Waals surface area contributed by atoms with Crippen molar-refractivity contribution in [3.05, 3.63) is 90.0 Å². The van der Waals surface area contributed by atoms with Crippen LogP contribution in [0.1, 0.15) is 36.7 Å². The molecule has 0 radical (unpaired) electrons. The maximum Gasteiger partial charge on any atom is 0.251 e. The Morgan fingerprint density at radius 3 is 2.11 bits per heavy atom. The molecule has 0 atom stereocenters. The third kappa shape index (κ3) is 5.01. The van der Waals surface area contributed by atoms with Gasteiger partial charge in [0.15, 0.2) is 0 Å². The van der Waals surface area contributed by atoms with Gasteiger partial charge in [0, 0.05) is 5.56 Å². The maximum absolute atomic E-state index is 12.4. The topological polar surface area (TPSA) is 38.3 Å². The highest BCUT2D eigenvalue weighted by Gasteiger charge is 2.18. The summed E-state index contributed by atoms with van der Waals surface area (Å²) < 4.78 is 5.91. The molecule has 0 aliphatic heterocycles. The van der Waals surface area contributed by atoms with E-state index in [1.807, 2.05) is 60.7 Å². The maximum atomic E-state index is 12.4. The van der Waals surface area contributed by atoms with E-state index in [0.29, 0.717) is 18.7 Å². The fourth-order valence-corrected chi connectivity index (χ4v) is 3.08. The number of benzene rings is 3. The van der Waals surface area contributed by atoms with Crippen LogP contribution in [0, 0.1) is 0 Å². The van der Waals surface area contributed by atoms with E-state index in [1.54, 1.807) is 0 Å². The van der Waals surface area contributed by atoms with Crippen molar-refractivity contribution < 1.29 is 9.53 Å². The number of hydrogen-bond acceptors (Lipinski definition) is 2. The quantitative estimate of drug-likeness (QED) is 0.583. The first-order chi connectivity index (χ1) is 13.4. The summed E-state index contributed by atoms with van der Waals surface area (Å²) in [7, 11) is 0. The monoisotopic (exact) mass is 373 g/mol. The first-order valence-corrected chi connectivity index (χ1v) is 9.61. The van der Waals surface area contributed by atoms with Gasteiger partial charge in [-0.25, -0.2) is 0 Å². The van der Waals surface area contributed by atoms with E-state index < -0.39 is 0 Å². The van der Waals surface area contributed by atoms with Crippen molar-refractivity contribution >= 4 is 5.91 Å². The number of amides is 1. The van der Waals surface area contributed by atoms with E-state index in [9.17, 15) is 4.79 Å². The first-order valence-electron chi connectivity index (χ1n) is 9.61. The largest absolute Gasteiger partial charge is 0.491 e. The summed E-state index contributed by atoms with van der Waals surface area (Å²) in [5.74, 6) is 0.781.